The number of benzene rings is 2. The van der Waals surface area contributed by atoms with Crippen molar-refractivity contribution < 1.29 is 9.53 Å². The number of carbonyl (C=O) groups is 1. The number of hydrogen-bond donors (Lipinski definition) is 1. The molecule has 7 heteroatoms. The lowest BCUT2D eigenvalue weighted by Crippen LogP contribution is -2.15. The number of anilines is 1. The van der Waals surface area contributed by atoms with Crippen molar-refractivity contribution in [2.75, 3.05) is 18.2 Å². The molecule has 0 bridgehead atoms. The van der Waals surface area contributed by atoms with Crippen molar-refractivity contribution in [3.63, 3.8) is 0 Å². The molecule has 0 unspecified atom stereocenters. The minimum Gasteiger partial charge on any atom is -0.497 e. The number of nitrogens with zero attached hydrogens (tertiary/aromatic N) is 3. The van der Waals surface area contributed by atoms with E-state index < -0.39 is 0 Å². The number of methoxy groups -OCH3 is 1. The number of rotatable bonds is 6. The number of thioether (sulfide) groups is 1. The second kappa shape index (κ2) is 8.26. The summed E-state index contributed by atoms with van der Waals surface area (Å²) in [6.07, 6.45) is 0. The molecule has 3 rings (SSSR count). The summed E-state index contributed by atoms with van der Waals surface area (Å²) in [5.41, 5.74) is 3.97. The molecular formula is C20H22N4O2S. The summed E-state index contributed by atoms with van der Waals surface area (Å²) in [4.78, 5) is 12.3. The van der Waals surface area contributed by atoms with E-state index >= 15 is 0 Å². The van der Waals surface area contributed by atoms with Crippen molar-refractivity contribution in [1.82, 2.24) is 14.8 Å². The van der Waals surface area contributed by atoms with Crippen LogP contribution in [0.25, 0.3) is 11.4 Å². The maximum Gasteiger partial charge on any atom is 0.234 e. The fourth-order valence-electron chi connectivity index (χ4n) is 2.72. The lowest BCUT2D eigenvalue weighted by molar-refractivity contribution is -0.113. The van der Waals surface area contributed by atoms with E-state index in [1.165, 1.54) is 17.3 Å². The predicted molar refractivity (Wildman–Crippen MR) is 108 cm³/mol. The molecule has 2 aromatic carbocycles. The fraction of sp³-hybridized carbons (Fsp3) is 0.250. The molecule has 1 aromatic heterocycles. The molecule has 0 atom stereocenters. The number of ether oxygens (including phenoxy) is 1. The maximum atomic E-state index is 12.3. The molecule has 0 aliphatic heterocycles. The molecule has 0 saturated carbocycles. The number of aryl methyl sites for hydroxylation is 2. The summed E-state index contributed by atoms with van der Waals surface area (Å²) in [6.45, 7) is 4.02. The van der Waals surface area contributed by atoms with Crippen molar-refractivity contribution in [3.05, 3.63) is 53.6 Å². The standard InChI is InChI=1S/C20H22N4O2S/c1-13-8-9-17(14(2)10-13)21-18(25)12-27-20-23-22-19(24(20)3)15-6-5-7-16(11-15)26-4/h5-11H,12H2,1-4H3,(H,21,25). The Kier molecular flexibility index (Phi) is 5.81. The molecule has 0 saturated heterocycles. The van der Waals surface area contributed by atoms with Gasteiger partial charge in [0.15, 0.2) is 11.0 Å². The zero-order valence-corrected chi connectivity index (χ0v) is 16.6. The molecule has 6 nitrogen and oxygen atoms in total. The highest BCUT2D eigenvalue weighted by atomic mass is 32.2. The summed E-state index contributed by atoms with van der Waals surface area (Å²) in [5, 5.41) is 12.1. The second-order valence-electron chi connectivity index (χ2n) is 6.25. The predicted octanol–water partition coefficient (Wildman–Crippen LogP) is 3.84. The highest BCUT2D eigenvalue weighted by Gasteiger charge is 2.14. The van der Waals surface area contributed by atoms with Crippen LogP contribution in [0, 0.1) is 13.8 Å². The maximum absolute atomic E-state index is 12.3. The van der Waals surface area contributed by atoms with Crippen LogP contribution in [0.2, 0.25) is 0 Å². The van der Waals surface area contributed by atoms with Crippen LogP contribution in [0.3, 0.4) is 0 Å². The van der Waals surface area contributed by atoms with E-state index in [0.717, 1.165) is 28.4 Å². The average molecular weight is 382 g/mol. The lowest BCUT2D eigenvalue weighted by atomic mass is 10.1. The monoisotopic (exact) mass is 382 g/mol. The van der Waals surface area contributed by atoms with Crippen LogP contribution in [0.1, 0.15) is 11.1 Å². The van der Waals surface area contributed by atoms with Crippen molar-refractivity contribution in [2.45, 2.75) is 19.0 Å². The number of aromatic nitrogens is 3. The van der Waals surface area contributed by atoms with Crippen molar-refractivity contribution in [3.8, 4) is 17.1 Å². The number of hydrogen-bond acceptors (Lipinski definition) is 5. The van der Waals surface area contributed by atoms with Gasteiger partial charge in [0, 0.05) is 18.3 Å². The van der Waals surface area contributed by atoms with Gasteiger partial charge in [-0.25, -0.2) is 0 Å². The summed E-state index contributed by atoms with van der Waals surface area (Å²) in [5.74, 6) is 1.68. The number of carbonyl (C=O) groups excluding carboxylic acids is 1. The van der Waals surface area contributed by atoms with E-state index in [0.29, 0.717) is 5.16 Å². The van der Waals surface area contributed by atoms with Gasteiger partial charge in [0.1, 0.15) is 5.75 Å². The number of nitrogens with one attached hydrogen (secondary N) is 1. The van der Waals surface area contributed by atoms with E-state index in [9.17, 15) is 4.79 Å². The fourth-order valence-corrected chi connectivity index (χ4v) is 3.44. The highest BCUT2D eigenvalue weighted by Crippen LogP contribution is 2.25. The third kappa shape index (κ3) is 4.49. The molecule has 1 N–H and O–H groups in total. The third-order valence-corrected chi connectivity index (χ3v) is 5.17. The molecule has 0 radical (unpaired) electrons. The Morgan fingerprint density at radius 3 is 2.74 bits per heavy atom. The van der Waals surface area contributed by atoms with Crippen LogP contribution >= 0.6 is 11.8 Å². The smallest absolute Gasteiger partial charge is 0.234 e. The van der Waals surface area contributed by atoms with E-state index in [4.69, 9.17) is 4.74 Å². The molecule has 27 heavy (non-hydrogen) atoms. The van der Waals surface area contributed by atoms with Crippen molar-refractivity contribution in [2.24, 2.45) is 7.05 Å². The van der Waals surface area contributed by atoms with E-state index in [1.807, 2.05) is 67.9 Å². The minimum atomic E-state index is -0.0714. The van der Waals surface area contributed by atoms with Crippen LogP contribution < -0.4 is 10.1 Å². The van der Waals surface area contributed by atoms with Gasteiger partial charge in [-0.05, 0) is 37.6 Å². The molecule has 0 fully saturated rings. The first-order valence-corrected chi connectivity index (χ1v) is 9.50. The van der Waals surface area contributed by atoms with Gasteiger partial charge >= 0.3 is 0 Å². The van der Waals surface area contributed by atoms with Crippen LogP contribution in [-0.4, -0.2) is 33.5 Å². The Morgan fingerprint density at radius 2 is 2.00 bits per heavy atom. The Morgan fingerprint density at radius 1 is 1.19 bits per heavy atom. The summed E-state index contributed by atoms with van der Waals surface area (Å²) >= 11 is 1.35. The van der Waals surface area contributed by atoms with Gasteiger partial charge in [-0.1, -0.05) is 41.6 Å². The largest absolute Gasteiger partial charge is 0.497 e. The van der Waals surface area contributed by atoms with Crippen LogP contribution in [0.4, 0.5) is 5.69 Å². The van der Waals surface area contributed by atoms with Crippen LogP contribution in [-0.2, 0) is 11.8 Å². The average Bonchev–Trinajstić information content (AvgIpc) is 3.03. The van der Waals surface area contributed by atoms with Gasteiger partial charge in [-0.3, -0.25) is 4.79 Å². The first kappa shape index (κ1) is 19.0. The van der Waals surface area contributed by atoms with Gasteiger partial charge in [-0.2, -0.15) is 0 Å². The number of amides is 1. The van der Waals surface area contributed by atoms with Gasteiger partial charge in [0.25, 0.3) is 0 Å². The highest BCUT2D eigenvalue weighted by molar-refractivity contribution is 7.99. The Balaban J connectivity index is 1.66. The Bertz CT molecular complexity index is 968. The van der Waals surface area contributed by atoms with E-state index in [1.54, 1.807) is 7.11 Å². The molecule has 1 amide bonds. The molecule has 0 spiro atoms. The molecule has 0 aliphatic carbocycles. The quantitative estimate of drug-likeness (QED) is 0.656. The molecular weight excluding hydrogens is 360 g/mol. The van der Waals surface area contributed by atoms with Gasteiger partial charge in [0.2, 0.25) is 5.91 Å². The van der Waals surface area contributed by atoms with Gasteiger partial charge in [0.05, 0.1) is 12.9 Å². The van der Waals surface area contributed by atoms with Crippen LogP contribution in [0.15, 0.2) is 47.6 Å². The Hall–Kier alpha value is -2.80. The second-order valence-corrected chi connectivity index (χ2v) is 7.19. The molecule has 1 heterocycles. The van der Waals surface area contributed by atoms with Gasteiger partial charge < -0.3 is 14.6 Å². The zero-order valence-electron chi connectivity index (χ0n) is 15.8. The summed E-state index contributed by atoms with van der Waals surface area (Å²) in [7, 11) is 3.52. The van der Waals surface area contributed by atoms with E-state index in [2.05, 4.69) is 15.5 Å². The van der Waals surface area contributed by atoms with Crippen molar-refractivity contribution in [1.29, 1.82) is 0 Å². The minimum absolute atomic E-state index is 0.0714. The van der Waals surface area contributed by atoms with Crippen LogP contribution in [0.5, 0.6) is 5.75 Å². The SMILES string of the molecule is COc1cccc(-c2nnc(SCC(=O)Nc3ccc(C)cc3C)n2C)c1. The lowest BCUT2D eigenvalue weighted by Gasteiger charge is -2.09. The molecule has 0 aliphatic rings. The first-order chi connectivity index (χ1) is 13.0. The zero-order chi connectivity index (χ0) is 19.4. The summed E-state index contributed by atoms with van der Waals surface area (Å²) < 4.78 is 7.14. The summed E-state index contributed by atoms with van der Waals surface area (Å²) in [6, 6.07) is 13.6. The van der Waals surface area contributed by atoms with Crippen molar-refractivity contribution >= 4 is 23.4 Å². The first-order valence-electron chi connectivity index (χ1n) is 8.51. The third-order valence-electron chi connectivity index (χ3n) is 4.15. The van der Waals surface area contributed by atoms with Gasteiger partial charge in [-0.15, -0.1) is 10.2 Å². The van der Waals surface area contributed by atoms with E-state index in [-0.39, 0.29) is 11.7 Å². The Labute approximate surface area is 163 Å². The molecule has 3 aromatic rings. The normalized spacial score (nSPS) is 10.7. The molecule has 140 valence electrons. The topological polar surface area (TPSA) is 69.0 Å².